The summed E-state index contributed by atoms with van der Waals surface area (Å²) in [5.74, 6) is 0. The van der Waals surface area contributed by atoms with Gasteiger partial charge in [-0.2, -0.15) is 0 Å². The van der Waals surface area contributed by atoms with E-state index in [-0.39, 0.29) is 0 Å². The molecule has 144 heavy (non-hydrogen) atoms. The Morgan fingerprint density at radius 2 is 0.549 bits per heavy atom. The molecule has 27 rings (SSSR count). The molecular formula is C140H92N4. The lowest BCUT2D eigenvalue weighted by atomic mass is 9.88. The molecule has 0 aliphatic heterocycles. The van der Waals surface area contributed by atoms with Gasteiger partial charge in [0.2, 0.25) is 0 Å². The molecule has 0 spiro atoms. The standard InChI is InChI=1S/C140H92N4/c1-2-3-29-97-33-10-14-43-116(97)127-51-24-40-100-41-26-58-134(138(100)127)144(137-91-106-37-12-15-44-117(106)122-46-17-18-47-124(122)137)114-77-73-103-88-108(69-66-105(103)90-114)119-84-85-136(140-129(119)52-27-53-130(140)123-50-23-38-98-34-9-13-42-115(98)123)141(110-74-70-96(71-75-110)95-62-60-94(61-63-95)92-30-5-4-6-31-92)113-76-72-102-87-107(68-65-104(102)89-113)118-82-83-121(109-67-64-93-32-7-8-36-101(93)86-109)139-128(118)54-28-59-135(139)143(131-57-25-39-99-35-11-16-45-120(99)131)112-80-78-111(79-81-112)142-132-55-21-19-48-125(132)126-49-20-22-56-133(126)142/h2-91H,1H2/b29-3-. The van der Waals surface area contributed by atoms with Crippen LogP contribution in [0.1, 0.15) is 5.56 Å². The van der Waals surface area contributed by atoms with Gasteiger partial charge in [-0.05, 0) is 286 Å². The Hall–Kier alpha value is -19.0. The maximum absolute atomic E-state index is 4.06. The van der Waals surface area contributed by atoms with Crippen LogP contribution in [0.25, 0.3) is 219 Å². The van der Waals surface area contributed by atoms with Gasteiger partial charge in [-0.15, -0.1) is 0 Å². The van der Waals surface area contributed by atoms with Crippen LogP contribution < -0.4 is 14.7 Å². The molecule has 0 bridgehead atoms. The Labute approximate surface area is 835 Å². The SMILES string of the molecule is C=C/C=C\c1ccccc1-c1cccc2cccc(N(c3ccc4cc(-c5ccc(N(c6ccc(-c7ccc(-c8ccccc8)cc7)cc6)c6ccc7cc(-c8ccc(-c9ccc%10ccccc%10c9)c9c(N(c%10ccc(-n%11c%12ccccc%12c%12ccccc%12%11)cc%10)c%10cccc%11ccccc%10%11)cccc89)ccc7c6)c6c(-c7cccc8ccccc78)cccc56)ccc4c3)c3cc4ccccc4c4ccccc34)c12. The first-order valence-electron chi connectivity index (χ1n) is 49.6. The molecule has 1 heterocycles. The highest BCUT2D eigenvalue weighted by atomic mass is 15.2. The van der Waals surface area contributed by atoms with Crippen molar-refractivity contribution in [2.45, 2.75) is 0 Å². The van der Waals surface area contributed by atoms with Gasteiger partial charge in [0.25, 0.3) is 0 Å². The summed E-state index contributed by atoms with van der Waals surface area (Å²) in [6.45, 7) is 4.06. The van der Waals surface area contributed by atoms with Crippen molar-refractivity contribution in [2.24, 2.45) is 0 Å². The lowest BCUT2D eigenvalue weighted by Crippen LogP contribution is -2.12. The zero-order valence-corrected chi connectivity index (χ0v) is 79.0. The van der Waals surface area contributed by atoms with Gasteiger partial charge in [-0.3, -0.25) is 0 Å². The number of allylic oxidation sites excluding steroid dienone is 2. The maximum Gasteiger partial charge on any atom is 0.0546 e. The first-order valence-corrected chi connectivity index (χ1v) is 49.6. The van der Waals surface area contributed by atoms with Gasteiger partial charge in [0.1, 0.15) is 0 Å². The van der Waals surface area contributed by atoms with Crippen molar-refractivity contribution in [2.75, 3.05) is 14.7 Å². The summed E-state index contributed by atoms with van der Waals surface area (Å²) in [7, 11) is 0. The first-order chi connectivity index (χ1) is 71.4. The first kappa shape index (κ1) is 84.3. The van der Waals surface area contributed by atoms with Gasteiger partial charge in [0, 0.05) is 66.1 Å². The van der Waals surface area contributed by atoms with Crippen LogP contribution in [-0.4, -0.2) is 4.57 Å². The molecule has 672 valence electrons. The molecule has 0 radical (unpaired) electrons. The molecule has 0 unspecified atom stereocenters. The Morgan fingerprint density at radius 1 is 0.174 bits per heavy atom. The number of hydrogen-bond donors (Lipinski definition) is 0. The maximum atomic E-state index is 4.06. The third-order valence-corrected chi connectivity index (χ3v) is 29.6. The second-order valence-electron chi connectivity index (χ2n) is 37.7. The van der Waals surface area contributed by atoms with E-state index in [1.165, 1.54) is 81.4 Å². The Balaban J connectivity index is 0.622. The number of fused-ring (bicyclic) bond motifs is 14. The van der Waals surface area contributed by atoms with E-state index in [2.05, 4.69) is 560 Å². The molecule has 27 aromatic rings. The molecule has 0 amide bonds. The smallest absolute Gasteiger partial charge is 0.0546 e. The third-order valence-electron chi connectivity index (χ3n) is 29.6. The van der Waals surface area contributed by atoms with Crippen molar-refractivity contribution >= 4 is 187 Å². The van der Waals surface area contributed by atoms with E-state index in [0.717, 1.165) is 188 Å². The second-order valence-corrected chi connectivity index (χ2v) is 37.7. The fourth-order valence-corrected chi connectivity index (χ4v) is 22.9. The van der Waals surface area contributed by atoms with Crippen molar-refractivity contribution in [3.63, 3.8) is 0 Å². The van der Waals surface area contributed by atoms with Crippen molar-refractivity contribution in [1.82, 2.24) is 4.57 Å². The van der Waals surface area contributed by atoms with Crippen LogP contribution in [0, 0.1) is 0 Å². The molecular weight excluding hydrogens is 1740 g/mol. The summed E-state index contributed by atoms with van der Waals surface area (Å²) in [6.07, 6.45) is 6.04. The summed E-state index contributed by atoms with van der Waals surface area (Å²) in [6, 6.07) is 197. The predicted molar refractivity (Wildman–Crippen MR) is 617 cm³/mol. The Bertz CT molecular complexity index is 9810. The van der Waals surface area contributed by atoms with Gasteiger partial charge in [0.15, 0.2) is 0 Å². The normalized spacial score (nSPS) is 11.8. The van der Waals surface area contributed by atoms with E-state index in [1.54, 1.807) is 0 Å². The van der Waals surface area contributed by atoms with Gasteiger partial charge in [0.05, 0.1) is 39.5 Å². The highest BCUT2D eigenvalue weighted by Gasteiger charge is 2.29. The summed E-state index contributed by atoms with van der Waals surface area (Å²) in [5.41, 5.74) is 30.2. The lowest BCUT2D eigenvalue weighted by molar-refractivity contribution is 1.17. The minimum Gasteiger partial charge on any atom is -0.310 e. The fraction of sp³-hybridized carbons (Fsp3) is 0. The van der Waals surface area contributed by atoms with Crippen molar-refractivity contribution in [3.8, 4) is 83.6 Å². The number of hydrogen-bond acceptors (Lipinski definition) is 3. The largest absolute Gasteiger partial charge is 0.310 e. The van der Waals surface area contributed by atoms with Gasteiger partial charge in [-0.1, -0.05) is 431 Å². The van der Waals surface area contributed by atoms with Crippen LogP contribution in [0.2, 0.25) is 0 Å². The minimum atomic E-state index is 1.03. The van der Waals surface area contributed by atoms with Crippen molar-refractivity contribution < 1.29 is 0 Å². The number of benzene rings is 26. The quantitative estimate of drug-likeness (QED) is 0.0592. The molecule has 4 nitrogen and oxygen atoms in total. The fourth-order valence-electron chi connectivity index (χ4n) is 22.9. The monoisotopic (exact) mass is 1830 g/mol. The van der Waals surface area contributed by atoms with Crippen LogP contribution in [0.3, 0.4) is 0 Å². The number of nitrogens with zero attached hydrogens (tertiary/aromatic N) is 4. The van der Waals surface area contributed by atoms with E-state index in [4.69, 9.17) is 0 Å². The second kappa shape index (κ2) is 35.5. The molecule has 0 saturated carbocycles. The molecule has 4 heteroatoms. The van der Waals surface area contributed by atoms with E-state index < -0.39 is 0 Å². The topological polar surface area (TPSA) is 14.7 Å². The van der Waals surface area contributed by atoms with Gasteiger partial charge in [-0.25, -0.2) is 0 Å². The van der Waals surface area contributed by atoms with Crippen LogP contribution in [-0.2, 0) is 0 Å². The van der Waals surface area contributed by atoms with Crippen LogP contribution in [0.15, 0.2) is 547 Å². The van der Waals surface area contributed by atoms with Gasteiger partial charge < -0.3 is 19.3 Å². The summed E-state index contributed by atoms with van der Waals surface area (Å²) in [5, 5.41) is 25.7. The van der Waals surface area contributed by atoms with E-state index in [1.807, 2.05) is 12.2 Å². The number of anilines is 9. The van der Waals surface area contributed by atoms with Gasteiger partial charge >= 0.3 is 0 Å². The number of aromatic nitrogens is 1. The van der Waals surface area contributed by atoms with Crippen LogP contribution in [0.5, 0.6) is 0 Å². The minimum absolute atomic E-state index is 1.03. The lowest BCUT2D eigenvalue weighted by Gasteiger charge is -2.30. The Morgan fingerprint density at radius 3 is 1.21 bits per heavy atom. The molecule has 1 aromatic heterocycles. The number of para-hydroxylation sites is 2. The molecule has 0 N–H and O–H groups in total. The predicted octanol–water partition coefficient (Wildman–Crippen LogP) is 39.6. The zero-order chi connectivity index (χ0) is 95.2. The highest BCUT2D eigenvalue weighted by Crippen LogP contribution is 2.54. The third kappa shape index (κ3) is 14.6. The highest BCUT2D eigenvalue weighted by molar-refractivity contribution is 6.22. The molecule has 0 saturated heterocycles. The van der Waals surface area contributed by atoms with E-state index in [0.29, 0.717) is 0 Å². The average molecular weight is 1830 g/mol. The molecule has 0 fully saturated rings. The van der Waals surface area contributed by atoms with E-state index >= 15 is 0 Å². The summed E-state index contributed by atoms with van der Waals surface area (Å²) in [4.78, 5) is 7.54. The zero-order valence-electron chi connectivity index (χ0n) is 79.0. The molecule has 0 aliphatic rings. The summed E-state index contributed by atoms with van der Waals surface area (Å²) >= 11 is 0. The van der Waals surface area contributed by atoms with Crippen LogP contribution >= 0.6 is 0 Å². The van der Waals surface area contributed by atoms with Crippen molar-refractivity contribution in [1.29, 1.82) is 0 Å². The molecule has 26 aromatic carbocycles. The molecule has 0 atom stereocenters. The van der Waals surface area contributed by atoms with Crippen molar-refractivity contribution in [3.05, 3.63) is 552 Å². The number of rotatable bonds is 19. The molecule has 0 aliphatic carbocycles. The average Bonchev–Trinajstić information content (AvgIpc) is 1.37. The van der Waals surface area contributed by atoms with E-state index in [9.17, 15) is 0 Å². The van der Waals surface area contributed by atoms with Crippen LogP contribution in [0.4, 0.5) is 51.2 Å². The summed E-state index contributed by atoms with van der Waals surface area (Å²) < 4.78 is 2.41. The Kier molecular flexibility index (Phi) is 20.8.